The SMILES string of the molecule is NNC(Cc1nc2ccccc2s1)c1ncn[nH]1. The van der Waals surface area contributed by atoms with E-state index in [1.165, 1.54) is 11.0 Å². The van der Waals surface area contributed by atoms with Crippen molar-refractivity contribution in [1.29, 1.82) is 0 Å². The summed E-state index contributed by atoms with van der Waals surface area (Å²) in [5, 5.41) is 7.67. The van der Waals surface area contributed by atoms with Crippen molar-refractivity contribution in [2.45, 2.75) is 12.5 Å². The predicted octanol–water partition coefficient (Wildman–Crippen LogP) is 1.16. The Labute approximate surface area is 107 Å². The van der Waals surface area contributed by atoms with Crippen molar-refractivity contribution in [1.82, 2.24) is 25.6 Å². The van der Waals surface area contributed by atoms with Crippen molar-refractivity contribution >= 4 is 21.6 Å². The number of hydrazine groups is 1. The Morgan fingerprint density at radius 1 is 1.39 bits per heavy atom. The van der Waals surface area contributed by atoms with Gasteiger partial charge in [-0.2, -0.15) is 5.10 Å². The van der Waals surface area contributed by atoms with E-state index in [9.17, 15) is 0 Å². The molecule has 0 saturated carbocycles. The predicted molar refractivity (Wildman–Crippen MR) is 69.8 cm³/mol. The lowest BCUT2D eigenvalue weighted by molar-refractivity contribution is 0.524. The number of aromatic nitrogens is 4. The standard InChI is InChI=1S/C11H12N6S/c12-16-8(11-13-6-14-17-11)5-10-15-7-3-1-2-4-9(7)18-10/h1-4,6,8,16H,5,12H2,(H,13,14,17). The van der Waals surface area contributed by atoms with Crippen molar-refractivity contribution in [3.63, 3.8) is 0 Å². The molecule has 18 heavy (non-hydrogen) atoms. The normalized spacial score (nSPS) is 12.9. The maximum Gasteiger partial charge on any atom is 0.143 e. The highest BCUT2D eigenvalue weighted by Gasteiger charge is 2.15. The molecule has 3 rings (SSSR count). The Hall–Kier alpha value is -1.83. The zero-order chi connectivity index (χ0) is 12.4. The van der Waals surface area contributed by atoms with E-state index in [4.69, 9.17) is 5.84 Å². The summed E-state index contributed by atoms with van der Waals surface area (Å²) in [5.74, 6) is 6.26. The van der Waals surface area contributed by atoms with Crippen LogP contribution in [0.15, 0.2) is 30.6 Å². The van der Waals surface area contributed by atoms with E-state index in [1.807, 2.05) is 18.2 Å². The molecule has 0 saturated heterocycles. The molecule has 1 aromatic carbocycles. The minimum absolute atomic E-state index is 0.104. The van der Waals surface area contributed by atoms with Gasteiger partial charge in [-0.05, 0) is 12.1 Å². The van der Waals surface area contributed by atoms with E-state index in [0.717, 1.165) is 16.3 Å². The van der Waals surface area contributed by atoms with Gasteiger partial charge in [0.2, 0.25) is 0 Å². The molecule has 1 unspecified atom stereocenters. The number of para-hydroxylation sites is 1. The van der Waals surface area contributed by atoms with Crippen LogP contribution in [0.25, 0.3) is 10.2 Å². The van der Waals surface area contributed by atoms with Crippen LogP contribution in [0.5, 0.6) is 0 Å². The topological polar surface area (TPSA) is 92.5 Å². The highest BCUT2D eigenvalue weighted by molar-refractivity contribution is 7.18. The van der Waals surface area contributed by atoms with Gasteiger partial charge in [-0.25, -0.2) is 15.4 Å². The van der Waals surface area contributed by atoms with Crippen molar-refractivity contribution in [3.8, 4) is 0 Å². The first-order valence-electron chi connectivity index (χ1n) is 5.52. The van der Waals surface area contributed by atoms with Gasteiger partial charge in [0, 0.05) is 6.42 Å². The van der Waals surface area contributed by atoms with Gasteiger partial charge < -0.3 is 0 Å². The van der Waals surface area contributed by atoms with Crippen LogP contribution < -0.4 is 11.3 Å². The maximum absolute atomic E-state index is 5.55. The third-order valence-electron chi connectivity index (χ3n) is 2.68. The van der Waals surface area contributed by atoms with Crippen molar-refractivity contribution < 1.29 is 0 Å². The summed E-state index contributed by atoms with van der Waals surface area (Å²) >= 11 is 1.67. The molecule has 0 spiro atoms. The Balaban J connectivity index is 1.86. The summed E-state index contributed by atoms with van der Waals surface area (Å²) < 4.78 is 1.18. The average molecular weight is 260 g/mol. The Bertz CT molecular complexity index is 599. The van der Waals surface area contributed by atoms with Crippen molar-refractivity contribution in [2.24, 2.45) is 5.84 Å². The molecule has 0 aliphatic carbocycles. The summed E-state index contributed by atoms with van der Waals surface area (Å²) in [4.78, 5) is 8.68. The van der Waals surface area contributed by atoms with Crippen LogP contribution in [-0.4, -0.2) is 20.2 Å². The van der Waals surface area contributed by atoms with Gasteiger partial charge in [0.15, 0.2) is 0 Å². The van der Waals surface area contributed by atoms with Crippen LogP contribution in [-0.2, 0) is 6.42 Å². The fourth-order valence-electron chi connectivity index (χ4n) is 1.80. The molecule has 0 amide bonds. The number of hydrogen-bond donors (Lipinski definition) is 3. The van der Waals surface area contributed by atoms with Crippen molar-refractivity contribution in [3.05, 3.63) is 41.4 Å². The maximum atomic E-state index is 5.55. The molecule has 0 fully saturated rings. The number of thiazole rings is 1. The number of nitrogens with zero attached hydrogens (tertiary/aromatic N) is 3. The highest BCUT2D eigenvalue weighted by atomic mass is 32.1. The van der Waals surface area contributed by atoms with E-state index >= 15 is 0 Å². The van der Waals surface area contributed by atoms with Crippen LogP contribution in [0.1, 0.15) is 16.9 Å². The second-order valence-corrected chi connectivity index (χ2v) is 4.98. The summed E-state index contributed by atoms with van der Waals surface area (Å²) in [5.41, 5.74) is 3.75. The van der Waals surface area contributed by atoms with Gasteiger partial charge in [-0.1, -0.05) is 12.1 Å². The van der Waals surface area contributed by atoms with E-state index in [0.29, 0.717) is 6.42 Å². The Morgan fingerprint density at radius 2 is 2.28 bits per heavy atom. The van der Waals surface area contributed by atoms with E-state index in [-0.39, 0.29) is 6.04 Å². The molecule has 0 aliphatic rings. The third kappa shape index (κ3) is 2.10. The molecule has 0 radical (unpaired) electrons. The second-order valence-electron chi connectivity index (χ2n) is 3.87. The number of nitrogens with two attached hydrogens (primary N) is 1. The lowest BCUT2D eigenvalue weighted by Crippen LogP contribution is -2.30. The molecule has 4 N–H and O–H groups in total. The van der Waals surface area contributed by atoms with Gasteiger partial charge in [0.1, 0.15) is 12.2 Å². The average Bonchev–Trinajstić information content (AvgIpc) is 3.04. The minimum atomic E-state index is -0.104. The number of rotatable bonds is 4. The number of nitrogens with one attached hydrogen (secondary N) is 2. The number of aromatic amines is 1. The first-order valence-corrected chi connectivity index (χ1v) is 6.34. The molecular weight excluding hydrogens is 248 g/mol. The van der Waals surface area contributed by atoms with Crippen LogP contribution in [0.3, 0.4) is 0 Å². The number of benzene rings is 1. The largest absolute Gasteiger partial charge is 0.271 e. The molecule has 6 nitrogen and oxygen atoms in total. The lowest BCUT2D eigenvalue weighted by Gasteiger charge is -2.10. The number of fused-ring (bicyclic) bond motifs is 1. The fourth-order valence-corrected chi connectivity index (χ4v) is 2.81. The third-order valence-corrected chi connectivity index (χ3v) is 3.74. The monoisotopic (exact) mass is 260 g/mol. The quantitative estimate of drug-likeness (QED) is 0.483. The summed E-state index contributed by atoms with van der Waals surface area (Å²) in [7, 11) is 0. The van der Waals surface area contributed by atoms with Crippen molar-refractivity contribution in [2.75, 3.05) is 0 Å². The fraction of sp³-hybridized carbons (Fsp3) is 0.182. The molecule has 3 aromatic rings. The molecule has 1 atom stereocenters. The first kappa shape index (κ1) is 11.3. The summed E-state index contributed by atoms with van der Waals surface area (Å²) in [6.45, 7) is 0. The van der Waals surface area contributed by atoms with Gasteiger partial charge in [0.05, 0.1) is 21.3 Å². The minimum Gasteiger partial charge on any atom is -0.271 e. The summed E-state index contributed by atoms with van der Waals surface area (Å²) in [6, 6.07) is 7.97. The Kier molecular flexibility index (Phi) is 3.01. The van der Waals surface area contributed by atoms with Gasteiger partial charge in [-0.3, -0.25) is 10.9 Å². The zero-order valence-corrected chi connectivity index (χ0v) is 10.3. The van der Waals surface area contributed by atoms with Gasteiger partial charge in [0.25, 0.3) is 0 Å². The lowest BCUT2D eigenvalue weighted by atomic mass is 10.2. The van der Waals surface area contributed by atoms with E-state index in [2.05, 4.69) is 31.7 Å². The molecule has 0 bridgehead atoms. The number of hydrogen-bond acceptors (Lipinski definition) is 6. The second kappa shape index (κ2) is 4.81. The molecular formula is C11H12N6S. The number of H-pyrrole nitrogens is 1. The molecule has 0 aliphatic heterocycles. The molecule has 2 heterocycles. The van der Waals surface area contributed by atoms with Crippen LogP contribution in [0.4, 0.5) is 0 Å². The molecule has 7 heteroatoms. The van der Waals surface area contributed by atoms with Crippen LogP contribution in [0.2, 0.25) is 0 Å². The van der Waals surface area contributed by atoms with E-state index in [1.54, 1.807) is 11.3 Å². The van der Waals surface area contributed by atoms with Crippen LogP contribution in [0, 0.1) is 0 Å². The first-order chi connectivity index (χ1) is 8.86. The van der Waals surface area contributed by atoms with E-state index < -0.39 is 0 Å². The molecule has 2 aromatic heterocycles. The molecule has 92 valence electrons. The summed E-state index contributed by atoms with van der Waals surface area (Å²) in [6.07, 6.45) is 2.16. The highest BCUT2D eigenvalue weighted by Crippen LogP contribution is 2.24. The van der Waals surface area contributed by atoms with Gasteiger partial charge >= 0.3 is 0 Å². The Morgan fingerprint density at radius 3 is 3.00 bits per heavy atom. The van der Waals surface area contributed by atoms with Gasteiger partial charge in [-0.15, -0.1) is 11.3 Å². The zero-order valence-electron chi connectivity index (χ0n) is 9.50. The smallest absolute Gasteiger partial charge is 0.143 e. The van der Waals surface area contributed by atoms with Crippen LogP contribution >= 0.6 is 11.3 Å².